The lowest BCUT2D eigenvalue weighted by Gasteiger charge is -2.16. The van der Waals surface area contributed by atoms with Crippen molar-refractivity contribution in [2.45, 2.75) is 43.6 Å². The third kappa shape index (κ3) is 3.19. The van der Waals surface area contributed by atoms with Gasteiger partial charge >= 0.3 is 5.82 Å². The molecule has 0 unspecified atom stereocenters. The van der Waals surface area contributed by atoms with Crippen molar-refractivity contribution in [3.63, 3.8) is 0 Å². The summed E-state index contributed by atoms with van der Waals surface area (Å²) in [6.45, 7) is 7.05. The van der Waals surface area contributed by atoms with Gasteiger partial charge in [0, 0.05) is 5.69 Å². The van der Waals surface area contributed by atoms with E-state index in [-0.39, 0.29) is 5.82 Å². The predicted octanol–water partition coefficient (Wildman–Crippen LogP) is 2.42. The zero-order valence-corrected chi connectivity index (χ0v) is 15.5. The smallest absolute Gasteiger partial charge is 0.307 e. The van der Waals surface area contributed by atoms with Crippen LogP contribution in [0.15, 0.2) is 23.5 Å². The highest BCUT2D eigenvalue weighted by molar-refractivity contribution is 7.92. The van der Waals surface area contributed by atoms with Crippen LogP contribution in [0.4, 0.5) is 11.5 Å². The van der Waals surface area contributed by atoms with Gasteiger partial charge in [0.15, 0.2) is 14.9 Å². The quantitative estimate of drug-likeness (QED) is 0.820. The first-order valence-corrected chi connectivity index (χ1v) is 10.5. The minimum absolute atomic E-state index is 0.313. The lowest BCUT2D eigenvalue weighted by atomic mass is 9.98. The van der Waals surface area contributed by atoms with Crippen molar-refractivity contribution in [1.29, 1.82) is 0 Å². The van der Waals surface area contributed by atoms with Gasteiger partial charge in [-0.15, -0.1) is 4.98 Å². The molecule has 0 bridgehead atoms. The number of nitrogens with one attached hydrogen (secondary N) is 1. The van der Waals surface area contributed by atoms with Gasteiger partial charge in [-0.05, 0) is 60.8 Å². The Morgan fingerprint density at radius 2 is 1.70 bits per heavy atom. The lowest BCUT2D eigenvalue weighted by Crippen LogP contribution is -2.25. The second-order valence-corrected chi connectivity index (χ2v) is 8.74. The fourth-order valence-electron chi connectivity index (χ4n) is 4.00. The fraction of sp³-hybridized carbons (Fsp3) is 0.368. The van der Waals surface area contributed by atoms with Crippen molar-refractivity contribution in [1.82, 2.24) is 9.97 Å². The Bertz CT molecular complexity index is 1050. The van der Waals surface area contributed by atoms with E-state index in [0.29, 0.717) is 0 Å². The SMILES string of the molecule is [C-]#[N+]c1nccnc1S(=O)(=O)CC(=O)Nc1c2c(cc3c1CCC3)CCC2. The number of sulfone groups is 1. The molecule has 138 valence electrons. The molecule has 0 atom stereocenters. The number of aromatic nitrogens is 2. The van der Waals surface area contributed by atoms with Gasteiger partial charge < -0.3 is 10.2 Å². The topological polar surface area (TPSA) is 93.4 Å². The molecule has 1 aromatic heterocycles. The van der Waals surface area contributed by atoms with E-state index >= 15 is 0 Å². The Morgan fingerprint density at radius 3 is 2.33 bits per heavy atom. The van der Waals surface area contributed by atoms with E-state index in [9.17, 15) is 13.2 Å². The molecule has 0 spiro atoms. The van der Waals surface area contributed by atoms with E-state index < -0.39 is 26.5 Å². The minimum Gasteiger partial charge on any atom is -0.358 e. The summed E-state index contributed by atoms with van der Waals surface area (Å²) in [5.74, 6) is -1.68. The maximum Gasteiger partial charge on any atom is 0.307 e. The van der Waals surface area contributed by atoms with Gasteiger partial charge in [-0.2, -0.15) is 0 Å². The van der Waals surface area contributed by atoms with Crippen molar-refractivity contribution in [2.24, 2.45) is 0 Å². The number of hydrogen-bond acceptors (Lipinski definition) is 5. The molecule has 7 nitrogen and oxygen atoms in total. The van der Waals surface area contributed by atoms with Gasteiger partial charge in [0.25, 0.3) is 0 Å². The molecule has 2 aliphatic carbocycles. The standard InChI is InChI=1S/C19H18N4O3S/c1-20-18-19(22-9-8-21-18)27(25,26)11-16(24)23-17-14-6-2-4-12(14)10-13-5-3-7-15(13)17/h8-10H,2-7,11H2,(H,23,24). The zero-order valence-electron chi connectivity index (χ0n) is 14.7. The van der Waals surface area contributed by atoms with E-state index in [1.54, 1.807) is 0 Å². The number of aryl methyl sites for hydroxylation is 2. The monoisotopic (exact) mass is 382 g/mol. The van der Waals surface area contributed by atoms with Crippen LogP contribution in [0, 0.1) is 6.57 Å². The normalized spacial score (nSPS) is 15.1. The van der Waals surface area contributed by atoms with Crippen LogP contribution in [0.3, 0.4) is 0 Å². The van der Waals surface area contributed by atoms with Crippen LogP contribution < -0.4 is 5.32 Å². The molecule has 1 heterocycles. The van der Waals surface area contributed by atoms with Gasteiger partial charge in [0.2, 0.25) is 5.91 Å². The number of rotatable bonds is 4. The molecule has 2 aliphatic rings. The van der Waals surface area contributed by atoms with Crippen molar-refractivity contribution in [2.75, 3.05) is 11.1 Å². The molecule has 1 aromatic carbocycles. The highest BCUT2D eigenvalue weighted by atomic mass is 32.2. The molecular weight excluding hydrogens is 364 g/mol. The van der Waals surface area contributed by atoms with Crippen LogP contribution in [0.5, 0.6) is 0 Å². The van der Waals surface area contributed by atoms with E-state index in [1.807, 2.05) is 0 Å². The fourth-order valence-corrected chi connectivity index (χ4v) is 5.15. The molecular formula is C19H18N4O3S. The van der Waals surface area contributed by atoms with Gasteiger partial charge in [-0.25, -0.2) is 8.42 Å². The summed E-state index contributed by atoms with van der Waals surface area (Å²) in [5, 5.41) is 2.42. The van der Waals surface area contributed by atoms with E-state index in [1.165, 1.54) is 23.5 Å². The average Bonchev–Trinajstić information content (AvgIpc) is 3.30. The molecule has 1 N–H and O–H groups in total. The van der Waals surface area contributed by atoms with Gasteiger partial charge in [0.1, 0.15) is 11.9 Å². The Hall–Kier alpha value is -2.79. The largest absolute Gasteiger partial charge is 0.358 e. The Morgan fingerprint density at radius 1 is 1.07 bits per heavy atom. The van der Waals surface area contributed by atoms with E-state index in [2.05, 4.69) is 26.2 Å². The predicted molar refractivity (Wildman–Crippen MR) is 99.5 cm³/mol. The number of anilines is 1. The Kier molecular flexibility index (Phi) is 4.40. The van der Waals surface area contributed by atoms with Gasteiger partial charge in [-0.3, -0.25) is 9.78 Å². The highest BCUT2D eigenvalue weighted by Gasteiger charge is 2.28. The van der Waals surface area contributed by atoms with Gasteiger partial charge in [-0.1, -0.05) is 12.6 Å². The molecule has 8 heteroatoms. The van der Waals surface area contributed by atoms with Crippen molar-refractivity contribution in [3.8, 4) is 0 Å². The highest BCUT2D eigenvalue weighted by Crippen LogP contribution is 2.38. The molecule has 27 heavy (non-hydrogen) atoms. The van der Waals surface area contributed by atoms with E-state index in [0.717, 1.165) is 55.3 Å². The summed E-state index contributed by atoms with van der Waals surface area (Å²) in [4.78, 5) is 23.1. The maximum atomic E-state index is 12.6. The number of carbonyl (C=O) groups is 1. The molecule has 4 rings (SSSR count). The molecule has 0 saturated carbocycles. The third-order valence-electron chi connectivity index (χ3n) is 5.11. The van der Waals surface area contributed by atoms with Crippen LogP contribution >= 0.6 is 0 Å². The van der Waals surface area contributed by atoms with Crippen LogP contribution in [0.2, 0.25) is 0 Å². The molecule has 0 fully saturated rings. The second kappa shape index (κ2) is 6.74. The maximum absolute atomic E-state index is 12.6. The summed E-state index contributed by atoms with van der Waals surface area (Å²) >= 11 is 0. The summed E-state index contributed by atoms with van der Waals surface area (Å²) in [7, 11) is -4.05. The van der Waals surface area contributed by atoms with Gasteiger partial charge in [0.05, 0.1) is 6.20 Å². The average molecular weight is 382 g/mol. The summed E-state index contributed by atoms with van der Waals surface area (Å²) < 4.78 is 25.1. The van der Waals surface area contributed by atoms with Crippen LogP contribution in [-0.4, -0.2) is 30.0 Å². The number of benzene rings is 1. The number of amides is 1. The first kappa shape index (κ1) is 17.6. The van der Waals surface area contributed by atoms with Crippen molar-refractivity contribution in [3.05, 3.63) is 52.1 Å². The van der Waals surface area contributed by atoms with Crippen molar-refractivity contribution < 1.29 is 13.2 Å². The van der Waals surface area contributed by atoms with Crippen LogP contribution in [0.25, 0.3) is 4.85 Å². The number of fused-ring (bicyclic) bond motifs is 2. The summed E-state index contributed by atoms with van der Waals surface area (Å²) in [5.41, 5.74) is 5.61. The van der Waals surface area contributed by atoms with Crippen LogP contribution in [-0.2, 0) is 40.3 Å². The number of carbonyl (C=O) groups excluding carboxylic acids is 1. The second-order valence-electron chi connectivity index (χ2n) is 6.84. The molecule has 0 saturated heterocycles. The first-order valence-electron chi connectivity index (χ1n) is 8.87. The molecule has 1 amide bonds. The zero-order chi connectivity index (χ0) is 19.0. The summed E-state index contributed by atoms with van der Waals surface area (Å²) in [6, 6.07) is 2.25. The molecule has 0 aliphatic heterocycles. The van der Waals surface area contributed by atoms with Crippen molar-refractivity contribution >= 4 is 27.2 Å². The summed E-state index contributed by atoms with van der Waals surface area (Å²) in [6.07, 6.45) is 8.35. The Labute approximate surface area is 157 Å². The lowest BCUT2D eigenvalue weighted by molar-refractivity contribution is -0.113. The Balaban J connectivity index is 1.62. The molecule has 2 aromatic rings. The third-order valence-corrected chi connectivity index (χ3v) is 6.63. The van der Waals surface area contributed by atoms with E-state index in [4.69, 9.17) is 6.57 Å². The molecule has 0 radical (unpaired) electrons. The minimum atomic E-state index is -4.05. The first-order chi connectivity index (χ1) is 13.0. The number of hydrogen-bond donors (Lipinski definition) is 1. The number of nitrogens with zero attached hydrogens (tertiary/aromatic N) is 3. The van der Waals surface area contributed by atoms with Crippen LogP contribution in [0.1, 0.15) is 35.1 Å².